The lowest BCUT2D eigenvalue weighted by atomic mass is 10.2. The molecule has 0 aromatic heterocycles. The number of carboxylic acids is 1. The normalized spacial score (nSPS) is 14.6. The zero-order valence-corrected chi connectivity index (χ0v) is 19.4. The summed E-state index contributed by atoms with van der Waals surface area (Å²) in [4.78, 5) is 97.2. The Hall–Kier alpha value is -4.36. The van der Waals surface area contributed by atoms with Crippen molar-refractivity contribution in [2.75, 3.05) is 39.3 Å². The van der Waals surface area contributed by atoms with Crippen LogP contribution in [-0.4, -0.2) is 106 Å². The van der Waals surface area contributed by atoms with Gasteiger partial charge in [-0.05, 0) is 6.42 Å². The summed E-state index contributed by atoms with van der Waals surface area (Å²) in [5.74, 6) is -4.69. The van der Waals surface area contributed by atoms with Gasteiger partial charge < -0.3 is 20.6 Å². The van der Waals surface area contributed by atoms with Gasteiger partial charge in [-0.2, -0.15) is 0 Å². The zero-order chi connectivity index (χ0) is 26.7. The number of carbonyl (C=O) groups is 8. The van der Waals surface area contributed by atoms with Crippen molar-refractivity contribution in [3.8, 4) is 0 Å². The highest BCUT2D eigenvalue weighted by molar-refractivity contribution is 6.13. The quantitative estimate of drug-likeness (QED) is 0.160. The molecule has 194 valence electrons. The second-order valence-electron chi connectivity index (χ2n) is 7.83. The first-order valence-corrected chi connectivity index (χ1v) is 11.2. The molecular weight excluding hydrogens is 478 g/mol. The molecule has 0 fully saturated rings. The van der Waals surface area contributed by atoms with Crippen LogP contribution >= 0.6 is 0 Å². The number of carbonyl (C=O) groups excluding carboxylic acids is 7. The molecule has 0 atom stereocenters. The predicted octanol–water partition coefficient (Wildman–Crippen LogP) is -2.46. The second kappa shape index (κ2) is 13.5. The van der Waals surface area contributed by atoms with Gasteiger partial charge >= 0.3 is 5.97 Å². The van der Waals surface area contributed by atoms with Gasteiger partial charge in [-0.25, -0.2) is 0 Å². The van der Waals surface area contributed by atoms with Crippen LogP contribution in [0.2, 0.25) is 0 Å². The molecule has 0 aromatic rings. The molecular formula is C22H27N5O9. The highest BCUT2D eigenvalue weighted by Crippen LogP contribution is 2.08. The van der Waals surface area contributed by atoms with Crippen molar-refractivity contribution < 1.29 is 43.5 Å². The lowest BCUT2D eigenvalue weighted by Gasteiger charge is -2.26. The van der Waals surface area contributed by atoms with E-state index in [2.05, 4.69) is 10.6 Å². The number of imide groups is 2. The van der Waals surface area contributed by atoms with Crippen molar-refractivity contribution in [3.05, 3.63) is 24.3 Å². The molecule has 0 aliphatic carbocycles. The number of hydrogen-bond donors (Lipinski definition) is 3. The fraction of sp³-hybridized carbons (Fsp3) is 0.455. The first-order chi connectivity index (χ1) is 17.1. The van der Waals surface area contributed by atoms with Crippen LogP contribution < -0.4 is 10.6 Å². The largest absolute Gasteiger partial charge is 0.481 e. The number of nitrogens with one attached hydrogen (secondary N) is 2. The summed E-state index contributed by atoms with van der Waals surface area (Å²) in [6.07, 6.45) is 4.05. The maximum atomic E-state index is 12.8. The third-order valence-electron chi connectivity index (χ3n) is 5.24. The van der Waals surface area contributed by atoms with Gasteiger partial charge in [-0.3, -0.25) is 48.2 Å². The maximum Gasteiger partial charge on any atom is 0.303 e. The van der Waals surface area contributed by atoms with E-state index in [0.717, 1.165) is 34.1 Å². The second-order valence-corrected chi connectivity index (χ2v) is 7.83. The van der Waals surface area contributed by atoms with Gasteiger partial charge in [0.25, 0.3) is 23.6 Å². The molecule has 0 aromatic carbocycles. The number of carboxylic acid groups (broad SMARTS) is 1. The number of aliphatic carboxylic acids is 1. The maximum absolute atomic E-state index is 12.8. The standard InChI is InChI=1S/C22H27N5O9/c28-15(24-14-16(29)23-9-1-2-22(35)36)3-4-17(30)25(10-12-26-18(31)5-6-19(26)32)11-13-27-20(33)7-8-21(27)34/h5-8H,1-4,9-14H2,(H,23,29)(H,24,28)(H,35,36). The Kier molecular flexibility index (Phi) is 10.5. The van der Waals surface area contributed by atoms with Crippen LogP contribution in [0.15, 0.2) is 24.3 Å². The number of rotatable bonds is 15. The molecule has 3 N–H and O–H groups in total. The SMILES string of the molecule is O=C(O)CCCNC(=O)CNC(=O)CCC(=O)N(CCN1C(=O)C=CC1=O)CCN1C(=O)C=CC1=O. The molecule has 2 aliphatic heterocycles. The average Bonchev–Trinajstić information content (AvgIpc) is 3.33. The third-order valence-corrected chi connectivity index (χ3v) is 5.24. The minimum absolute atomic E-state index is 0.0674. The Labute approximate surface area is 205 Å². The van der Waals surface area contributed by atoms with Gasteiger partial charge in [0, 0.05) is 76.3 Å². The summed E-state index contributed by atoms with van der Waals surface area (Å²) in [6, 6.07) is 0. The fourth-order valence-corrected chi connectivity index (χ4v) is 3.28. The first kappa shape index (κ1) is 27.9. The van der Waals surface area contributed by atoms with Gasteiger partial charge in [-0.15, -0.1) is 0 Å². The van der Waals surface area contributed by atoms with Gasteiger partial charge in [0.1, 0.15) is 0 Å². The molecule has 0 unspecified atom stereocenters. The van der Waals surface area contributed by atoms with E-state index in [4.69, 9.17) is 5.11 Å². The predicted molar refractivity (Wildman–Crippen MR) is 120 cm³/mol. The fourth-order valence-electron chi connectivity index (χ4n) is 3.28. The van der Waals surface area contributed by atoms with E-state index < -0.39 is 47.3 Å². The van der Waals surface area contributed by atoms with Crippen molar-refractivity contribution in [1.82, 2.24) is 25.3 Å². The molecule has 0 radical (unpaired) electrons. The van der Waals surface area contributed by atoms with E-state index in [0.29, 0.717) is 0 Å². The van der Waals surface area contributed by atoms with Crippen molar-refractivity contribution in [2.24, 2.45) is 0 Å². The monoisotopic (exact) mass is 505 g/mol. The highest BCUT2D eigenvalue weighted by atomic mass is 16.4. The van der Waals surface area contributed by atoms with Crippen LogP contribution in [0.1, 0.15) is 25.7 Å². The van der Waals surface area contributed by atoms with Crippen molar-refractivity contribution >= 4 is 47.3 Å². The summed E-state index contributed by atoms with van der Waals surface area (Å²) in [6.45, 7) is -0.550. The van der Waals surface area contributed by atoms with E-state index in [1.165, 1.54) is 4.90 Å². The van der Waals surface area contributed by atoms with E-state index in [1.54, 1.807) is 0 Å². The Balaban J connectivity index is 1.82. The molecule has 2 aliphatic rings. The highest BCUT2D eigenvalue weighted by Gasteiger charge is 2.27. The first-order valence-electron chi connectivity index (χ1n) is 11.2. The number of amides is 7. The van der Waals surface area contributed by atoms with Gasteiger partial charge in [-0.1, -0.05) is 0 Å². The van der Waals surface area contributed by atoms with Crippen molar-refractivity contribution in [2.45, 2.75) is 25.7 Å². The van der Waals surface area contributed by atoms with Crippen LogP contribution in [0, 0.1) is 0 Å². The number of hydrogen-bond acceptors (Lipinski definition) is 8. The van der Waals surface area contributed by atoms with Gasteiger partial charge in [0.15, 0.2) is 0 Å². The smallest absolute Gasteiger partial charge is 0.303 e. The molecule has 0 spiro atoms. The van der Waals surface area contributed by atoms with E-state index in [1.807, 2.05) is 0 Å². The summed E-state index contributed by atoms with van der Waals surface area (Å²) in [7, 11) is 0. The zero-order valence-electron chi connectivity index (χ0n) is 19.4. The Morgan fingerprint density at radius 2 is 1.22 bits per heavy atom. The summed E-state index contributed by atoms with van der Waals surface area (Å²) in [5.41, 5.74) is 0. The molecule has 14 heteroatoms. The van der Waals surface area contributed by atoms with Crippen LogP contribution in [0.4, 0.5) is 0 Å². The van der Waals surface area contributed by atoms with Crippen LogP contribution in [-0.2, 0) is 38.4 Å². The molecule has 2 rings (SSSR count). The average molecular weight is 505 g/mol. The topological polar surface area (TPSA) is 191 Å². The molecule has 36 heavy (non-hydrogen) atoms. The van der Waals surface area contributed by atoms with Crippen molar-refractivity contribution in [3.63, 3.8) is 0 Å². The van der Waals surface area contributed by atoms with Gasteiger partial charge in [0.2, 0.25) is 17.7 Å². The van der Waals surface area contributed by atoms with Crippen molar-refractivity contribution in [1.29, 1.82) is 0 Å². The molecule has 14 nitrogen and oxygen atoms in total. The molecule has 0 bridgehead atoms. The van der Waals surface area contributed by atoms with Crippen LogP contribution in [0.25, 0.3) is 0 Å². The van der Waals surface area contributed by atoms with E-state index in [-0.39, 0.29) is 65.0 Å². The van der Waals surface area contributed by atoms with Crippen LogP contribution in [0.5, 0.6) is 0 Å². The molecule has 7 amide bonds. The summed E-state index contributed by atoms with van der Waals surface area (Å²) < 4.78 is 0. The Bertz CT molecular complexity index is 922. The summed E-state index contributed by atoms with van der Waals surface area (Å²) in [5, 5.41) is 13.4. The molecule has 0 saturated heterocycles. The third kappa shape index (κ3) is 8.77. The molecule has 0 saturated carbocycles. The Morgan fingerprint density at radius 1 is 0.722 bits per heavy atom. The minimum atomic E-state index is -0.984. The number of nitrogens with zero attached hydrogens (tertiary/aromatic N) is 3. The van der Waals surface area contributed by atoms with Crippen LogP contribution in [0.3, 0.4) is 0 Å². The lowest BCUT2D eigenvalue weighted by Crippen LogP contribution is -2.45. The Morgan fingerprint density at radius 3 is 1.69 bits per heavy atom. The molecule has 2 heterocycles. The van der Waals surface area contributed by atoms with E-state index in [9.17, 15) is 38.4 Å². The lowest BCUT2D eigenvalue weighted by molar-refractivity contribution is -0.140. The van der Waals surface area contributed by atoms with E-state index >= 15 is 0 Å². The minimum Gasteiger partial charge on any atom is -0.481 e. The van der Waals surface area contributed by atoms with Gasteiger partial charge in [0.05, 0.1) is 6.54 Å². The summed E-state index contributed by atoms with van der Waals surface area (Å²) >= 11 is 0.